The van der Waals surface area contributed by atoms with Crippen molar-refractivity contribution >= 4 is 10.9 Å². The SMILES string of the molecule is Cc1ccc(C)c(-c2noc(-c3c(O)c4ccccc4n(C)c3=O)n2)c1. The maximum atomic E-state index is 12.7. The molecule has 130 valence electrons. The zero-order chi connectivity index (χ0) is 18.4. The van der Waals surface area contributed by atoms with Crippen LogP contribution < -0.4 is 5.56 Å². The number of rotatable bonds is 2. The molecule has 0 radical (unpaired) electrons. The summed E-state index contributed by atoms with van der Waals surface area (Å²) in [5.41, 5.74) is 3.15. The minimum atomic E-state index is -0.391. The van der Waals surface area contributed by atoms with Crippen LogP contribution in [0, 0.1) is 13.8 Å². The highest BCUT2D eigenvalue weighted by Crippen LogP contribution is 2.33. The monoisotopic (exact) mass is 347 g/mol. The van der Waals surface area contributed by atoms with Crippen molar-refractivity contribution in [2.24, 2.45) is 7.05 Å². The fourth-order valence-electron chi connectivity index (χ4n) is 3.08. The normalized spacial score (nSPS) is 11.2. The van der Waals surface area contributed by atoms with Gasteiger partial charge in [-0.3, -0.25) is 4.79 Å². The third kappa shape index (κ3) is 2.38. The second-order valence-electron chi connectivity index (χ2n) is 6.35. The largest absolute Gasteiger partial charge is 0.506 e. The smallest absolute Gasteiger partial charge is 0.267 e. The first kappa shape index (κ1) is 16.1. The lowest BCUT2D eigenvalue weighted by atomic mass is 10.1. The first-order chi connectivity index (χ1) is 12.5. The van der Waals surface area contributed by atoms with Gasteiger partial charge < -0.3 is 14.2 Å². The molecule has 6 nitrogen and oxygen atoms in total. The van der Waals surface area contributed by atoms with E-state index in [4.69, 9.17) is 4.52 Å². The molecule has 0 atom stereocenters. The van der Waals surface area contributed by atoms with Gasteiger partial charge in [0.05, 0.1) is 5.52 Å². The molecule has 0 fully saturated rings. The molecule has 26 heavy (non-hydrogen) atoms. The highest BCUT2D eigenvalue weighted by atomic mass is 16.5. The number of hydrogen-bond acceptors (Lipinski definition) is 5. The lowest BCUT2D eigenvalue weighted by Crippen LogP contribution is -2.19. The first-order valence-electron chi connectivity index (χ1n) is 8.20. The fraction of sp³-hybridized carbons (Fsp3) is 0.150. The van der Waals surface area contributed by atoms with Crippen LogP contribution in [-0.2, 0) is 7.05 Å². The molecule has 0 amide bonds. The Bertz CT molecular complexity index is 1200. The Kier molecular flexibility index (Phi) is 3.61. The topological polar surface area (TPSA) is 81.2 Å². The van der Waals surface area contributed by atoms with Crippen molar-refractivity contribution in [3.63, 3.8) is 0 Å². The van der Waals surface area contributed by atoms with E-state index in [1.807, 2.05) is 38.1 Å². The molecule has 0 spiro atoms. The van der Waals surface area contributed by atoms with E-state index >= 15 is 0 Å². The van der Waals surface area contributed by atoms with Gasteiger partial charge in [0.15, 0.2) is 0 Å². The molecule has 1 N–H and O–H groups in total. The van der Waals surface area contributed by atoms with Crippen molar-refractivity contribution < 1.29 is 9.63 Å². The number of aromatic hydroxyl groups is 1. The molecule has 0 aliphatic rings. The van der Waals surface area contributed by atoms with Crippen LogP contribution in [-0.4, -0.2) is 19.8 Å². The average Bonchev–Trinajstić information content (AvgIpc) is 3.11. The van der Waals surface area contributed by atoms with Gasteiger partial charge in [0.2, 0.25) is 5.82 Å². The van der Waals surface area contributed by atoms with Gasteiger partial charge in [-0.2, -0.15) is 4.98 Å². The number of pyridine rings is 1. The molecule has 2 aromatic carbocycles. The molecular weight excluding hydrogens is 330 g/mol. The summed E-state index contributed by atoms with van der Waals surface area (Å²) in [6.45, 7) is 3.94. The molecule has 0 saturated heterocycles. The van der Waals surface area contributed by atoms with Crippen molar-refractivity contribution in [1.82, 2.24) is 14.7 Å². The molecule has 0 bridgehead atoms. The zero-order valence-electron chi connectivity index (χ0n) is 14.6. The summed E-state index contributed by atoms with van der Waals surface area (Å²) >= 11 is 0. The number of aryl methyl sites for hydroxylation is 3. The molecule has 0 unspecified atom stereocenters. The maximum absolute atomic E-state index is 12.7. The third-order valence-corrected chi connectivity index (χ3v) is 4.55. The summed E-state index contributed by atoms with van der Waals surface area (Å²) in [4.78, 5) is 17.1. The standard InChI is InChI=1S/C20H17N3O3/c1-11-8-9-12(2)14(10-11)18-21-19(26-22-18)16-17(24)13-6-4-5-7-15(13)23(3)20(16)25/h4-10,24H,1-3H3. The Hall–Kier alpha value is -3.41. The molecule has 0 aliphatic carbocycles. The van der Waals surface area contributed by atoms with Gasteiger partial charge in [0, 0.05) is 18.0 Å². The van der Waals surface area contributed by atoms with E-state index in [1.54, 1.807) is 25.2 Å². The van der Waals surface area contributed by atoms with Crippen molar-refractivity contribution in [2.75, 3.05) is 0 Å². The van der Waals surface area contributed by atoms with E-state index in [-0.39, 0.29) is 17.2 Å². The van der Waals surface area contributed by atoms with Gasteiger partial charge in [0.25, 0.3) is 11.4 Å². The summed E-state index contributed by atoms with van der Waals surface area (Å²) < 4.78 is 6.80. The number of nitrogens with zero attached hydrogens (tertiary/aromatic N) is 3. The van der Waals surface area contributed by atoms with E-state index in [9.17, 15) is 9.90 Å². The van der Waals surface area contributed by atoms with Gasteiger partial charge in [0.1, 0.15) is 11.3 Å². The minimum absolute atomic E-state index is 0.00441. The first-order valence-corrected chi connectivity index (χ1v) is 8.20. The predicted molar refractivity (Wildman–Crippen MR) is 99.1 cm³/mol. The Balaban J connectivity index is 1.94. The van der Waals surface area contributed by atoms with Crippen LogP contribution >= 0.6 is 0 Å². The Morgan fingerprint density at radius 3 is 2.69 bits per heavy atom. The lowest BCUT2D eigenvalue weighted by Gasteiger charge is -2.09. The van der Waals surface area contributed by atoms with Crippen LogP contribution in [0.4, 0.5) is 0 Å². The summed E-state index contributed by atoms with van der Waals surface area (Å²) in [6, 6.07) is 13.1. The van der Waals surface area contributed by atoms with Crippen molar-refractivity contribution in [3.8, 4) is 28.6 Å². The van der Waals surface area contributed by atoms with E-state index in [0.29, 0.717) is 16.7 Å². The quantitative estimate of drug-likeness (QED) is 0.599. The summed E-state index contributed by atoms with van der Waals surface area (Å²) in [5.74, 6) is 0.237. The molecule has 4 rings (SSSR count). The average molecular weight is 347 g/mol. The molecular formula is C20H17N3O3. The Morgan fingerprint density at radius 2 is 1.88 bits per heavy atom. The van der Waals surface area contributed by atoms with E-state index in [0.717, 1.165) is 16.7 Å². The molecule has 0 aliphatic heterocycles. The maximum Gasteiger partial charge on any atom is 0.267 e. The summed E-state index contributed by atoms with van der Waals surface area (Å²) in [6.07, 6.45) is 0. The fourth-order valence-corrected chi connectivity index (χ4v) is 3.08. The lowest BCUT2D eigenvalue weighted by molar-refractivity contribution is 0.425. The van der Waals surface area contributed by atoms with E-state index < -0.39 is 5.56 Å². The van der Waals surface area contributed by atoms with Gasteiger partial charge in [-0.25, -0.2) is 0 Å². The van der Waals surface area contributed by atoms with Crippen LogP contribution in [0.1, 0.15) is 11.1 Å². The van der Waals surface area contributed by atoms with Crippen LogP contribution in [0.2, 0.25) is 0 Å². The second-order valence-corrected chi connectivity index (χ2v) is 6.35. The van der Waals surface area contributed by atoms with Crippen LogP contribution in [0.15, 0.2) is 51.8 Å². The minimum Gasteiger partial charge on any atom is -0.506 e. The Morgan fingerprint density at radius 1 is 1.12 bits per heavy atom. The number of fused-ring (bicyclic) bond motifs is 1. The molecule has 0 saturated carbocycles. The van der Waals surface area contributed by atoms with Gasteiger partial charge >= 0.3 is 0 Å². The number of para-hydroxylation sites is 1. The van der Waals surface area contributed by atoms with Gasteiger partial charge in [-0.1, -0.05) is 35.0 Å². The second kappa shape index (κ2) is 5.84. The van der Waals surface area contributed by atoms with E-state index in [2.05, 4.69) is 10.1 Å². The number of aromatic nitrogens is 3. The number of hydrogen-bond donors (Lipinski definition) is 1. The van der Waals surface area contributed by atoms with Gasteiger partial charge in [-0.15, -0.1) is 0 Å². The molecule has 6 heteroatoms. The molecule has 4 aromatic rings. The van der Waals surface area contributed by atoms with Crippen LogP contribution in [0.3, 0.4) is 0 Å². The van der Waals surface area contributed by atoms with Crippen molar-refractivity contribution in [3.05, 3.63) is 63.9 Å². The summed E-state index contributed by atoms with van der Waals surface area (Å²) in [7, 11) is 1.65. The van der Waals surface area contributed by atoms with Crippen molar-refractivity contribution in [2.45, 2.75) is 13.8 Å². The van der Waals surface area contributed by atoms with E-state index in [1.165, 1.54) is 4.57 Å². The van der Waals surface area contributed by atoms with Crippen molar-refractivity contribution in [1.29, 1.82) is 0 Å². The highest BCUT2D eigenvalue weighted by Gasteiger charge is 2.22. The Labute approximate surface area is 149 Å². The summed E-state index contributed by atoms with van der Waals surface area (Å²) in [5, 5.41) is 15.2. The zero-order valence-corrected chi connectivity index (χ0v) is 14.6. The number of benzene rings is 2. The van der Waals surface area contributed by atoms with Crippen LogP contribution in [0.25, 0.3) is 33.7 Å². The molecule has 2 aromatic heterocycles. The third-order valence-electron chi connectivity index (χ3n) is 4.55. The highest BCUT2D eigenvalue weighted by molar-refractivity contribution is 5.90. The van der Waals surface area contributed by atoms with Gasteiger partial charge in [-0.05, 0) is 37.6 Å². The predicted octanol–water partition coefficient (Wildman–Crippen LogP) is 3.58. The van der Waals surface area contributed by atoms with Crippen LogP contribution in [0.5, 0.6) is 5.75 Å². The molecule has 2 heterocycles.